The minimum Gasteiger partial charge on any atom is -0.482 e. The lowest BCUT2D eigenvalue weighted by Gasteiger charge is -2.14. The average Bonchev–Trinajstić information content (AvgIpc) is 2.33. The Kier molecular flexibility index (Phi) is 3.71. The number of anilines is 1. The van der Waals surface area contributed by atoms with Crippen LogP contribution in [0.15, 0.2) is 23.0 Å². The Hall–Kier alpha value is -2.39. The molecule has 10 heteroatoms. The molecule has 2 aromatic rings. The Labute approximate surface area is 118 Å². The topological polar surface area (TPSA) is 68.1 Å². The fourth-order valence-corrected chi connectivity index (χ4v) is 1.82. The number of H-pyrrole nitrogens is 1. The predicted molar refractivity (Wildman–Crippen MR) is 65.5 cm³/mol. The van der Waals surface area contributed by atoms with Crippen LogP contribution in [-0.4, -0.2) is 17.8 Å². The van der Waals surface area contributed by atoms with Crippen molar-refractivity contribution in [1.29, 1.82) is 0 Å². The second-order valence-corrected chi connectivity index (χ2v) is 4.38. The van der Waals surface area contributed by atoms with E-state index in [1.165, 1.54) is 0 Å². The largest absolute Gasteiger partial charge is 0.482 e. The molecule has 0 aliphatic carbocycles. The van der Waals surface area contributed by atoms with Gasteiger partial charge in [-0.15, -0.1) is 0 Å². The van der Waals surface area contributed by atoms with Gasteiger partial charge >= 0.3 is 12.4 Å². The highest BCUT2D eigenvalue weighted by atomic mass is 19.4. The normalized spacial score (nSPS) is 12.6. The number of rotatable bonds is 2. The maximum Gasteiger partial charge on any atom is 0.422 e. The van der Waals surface area contributed by atoms with Crippen molar-refractivity contribution >= 4 is 16.6 Å². The lowest BCUT2D eigenvalue weighted by molar-refractivity contribution is -0.153. The molecule has 1 aromatic carbocycles. The summed E-state index contributed by atoms with van der Waals surface area (Å²) in [7, 11) is 0. The highest BCUT2D eigenvalue weighted by Gasteiger charge is 2.34. The van der Waals surface area contributed by atoms with Crippen LogP contribution in [0.1, 0.15) is 5.56 Å². The average molecular weight is 326 g/mol. The number of aromatic amines is 1. The molecule has 4 nitrogen and oxygen atoms in total. The third-order valence-electron chi connectivity index (χ3n) is 2.67. The summed E-state index contributed by atoms with van der Waals surface area (Å²) in [6.45, 7) is -1.70. The first-order chi connectivity index (χ1) is 9.97. The number of aromatic nitrogens is 1. The summed E-state index contributed by atoms with van der Waals surface area (Å²) in [5.74, 6) is -0.553. The van der Waals surface area contributed by atoms with Crippen molar-refractivity contribution in [2.45, 2.75) is 12.4 Å². The van der Waals surface area contributed by atoms with Crippen LogP contribution in [-0.2, 0) is 6.18 Å². The quantitative estimate of drug-likeness (QED) is 0.658. The summed E-state index contributed by atoms with van der Waals surface area (Å²) in [5.41, 5.74) is 2.55. The van der Waals surface area contributed by atoms with Crippen LogP contribution in [0.5, 0.6) is 5.75 Å². The van der Waals surface area contributed by atoms with Crippen molar-refractivity contribution < 1.29 is 31.1 Å². The summed E-state index contributed by atoms with van der Waals surface area (Å²) in [6.07, 6.45) is -9.52. The monoisotopic (exact) mass is 326 g/mol. The van der Waals surface area contributed by atoms with Crippen LogP contribution in [0.4, 0.5) is 32.0 Å². The molecular weight excluding hydrogens is 318 g/mol. The Morgan fingerprint density at radius 2 is 1.73 bits per heavy atom. The fraction of sp³-hybridized carbons (Fsp3) is 0.250. The number of fused-ring (bicyclic) bond motifs is 1. The van der Waals surface area contributed by atoms with Gasteiger partial charge in [-0.3, -0.25) is 4.79 Å². The number of nitrogens with one attached hydrogen (secondary N) is 1. The standard InChI is InChI=1S/C12H8F6N2O2/c13-11(14,15)4-22-9-1-5-6(12(16,17)18)2-10(21)20-8(5)3-7(9)19/h1-3H,4,19H2,(H,20,21). The van der Waals surface area contributed by atoms with E-state index in [-0.39, 0.29) is 11.2 Å². The molecule has 0 radical (unpaired) electrons. The lowest BCUT2D eigenvalue weighted by atomic mass is 10.1. The molecule has 2 rings (SSSR count). The molecule has 0 spiro atoms. The smallest absolute Gasteiger partial charge is 0.422 e. The Morgan fingerprint density at radius 1 is 1.09 bits per heavy atom. The molecule has 0 unspecified atom stereocenters. The molecular formula is C12H8F6N2O2. The second-order valence-electron chi connectivity index (χ2n) is 4.38. The highest BCUT2D eigenvalue weighted by Crippen LogP contribution is 2.36. The van der Waals surface area contributed by atoms with Crippen LogP contribution in [0.3, 0.4) is 0 Å². The zero-order chi connectivity index (χ0) is 16.7. The minimum absolute atomic E-state index is 0.253. The summed E-state index contributed by atoms with van der Waals surface area (Å²) in [6, 6.07) is 1.94. The number of alkyl halides is 6. The lowest BCUT2D eigenvalue weighted by Crippen LogP contribution is -2.20. The van der Waals surface area contributed by atoms with E-state index < -0.39 is 41.2 Å². The molecule has 0 aliphatic rings. The highest BCUT2D eigenvalue weighted by molar-refractivity contribution is 5.88. The maximum atomic E-state index is 12.9. The number of hydrogen-bond acceptors (Lipinski definition) is 3. The number of nitrogen functional groups attached to an aromatic ring is 1. The Bertz CT molecular complexity index is 763. The van der Waals surface area contributed by atoms with Gasteiger partial charge in [0, 0.05) is 11.5 Å². The van der Waals surface area contributed by atoms with E-state index >= 15 is 0 Å². The SMILES string of the molecule is Nc1cc2[nH]c(=O)cc(C(F)(F)F)c2cc1OCC(F)(F)F. The van der Waals surface area contributed by atoms with E-state index in [0.29, 0.717) is 6.07 Å². The fourth-order valence-electron chi connectivity index (χ4n) is 1.82. The van der Waals surface area contributed by atoms with Gasteiger partial charge in [-0.25, -0.2) is 0 Å². The van der Waals surface area contributed by atoms with Crippen molar-refractivity contribution in [2.24, 2.45) is 0 Å². The first-order valence-electron chi connectivity index (χ1n) is 5.71. The number of nitrogens with two attached hydrogens (primary N) is 1. The van der Waals surface area contributed by atoms with E-state index in [9.17, 15) is 31.1 Å². The third-order valence-corrected chi connectivity index (χ3v) is 2.67. The summed E-state index contributed by atoms with van der Waals surface area (Å²) >= 11 is 0. The molecule has 1 heterocycles. The molecule has 0 amide bonds. The number of benzene rings is 1. The van der Waals surface area contributed by atoms with Crippen LogP contribution in [0, 0.1) is 0 Å². The second kappa shape index (κ2) is 5.11. The molecule has 0 saturated heterocycles. The maximum absolute atomic E-state index is 12.9. The van der Waals surface area contributed by atoms with Crippen molar-refractivity contribution in [3.63, 3.8) is 0 Å². The molecule has 120 valence electrons. The zero-order valence-corrected chi connectivity index (χ0v) is 10.6. The molecule has 1 aromatic heterocycles. The zero-order valence-electron chi connectivity index (χ0n) is 10.6. The van der Waals surface area contributed by atoms with Gasteiger partial charge in [-0.1, -0.05) is 0 Å². The van der Waals surface area contributed by atoms with E-state index in [1.54, 1.807) is 0 Å². The van der Waals surface area contributed by atoms with Gasteiger partial charge in [0.1, 0.15) is 5.75 Å². The van der Waals surface area contributed by atoms with Crippen molar-refractivity contribution in [2.75, 3.05) is 12.3 Å². The molecule has 22 heavy (non-hydrogen) atoms. The van der Waals surface area contributed by atoms with Crippen molar-refractivity contribution in [1.82, 2.24) is 4.98 Å². The van der Waals surface area contributed by atoms with E-state index in [4.69, 9.17) is 5.73 Å². The molecule has 0 atom stereocenters. The molecule has 0 bridgehead atoms. The van der Waals surface area contributed by atoms with Gasteiger partial charge in [-0.05, 0) is 12.1 Å². The van der Waals surface area contributed by atoms with Gasteiger partial charge in [0.15, 0.2) is 6.61 Å². The summed E-state index contributed by atoms with van der Waals surface area (Å²) in [4.78, 5) is 13.4. The van der Waals surface area contributed by atoms with Crippen molar-refractivity contribution in [3.8, 4) is 5.75 Å². The van der Waals surface area contributed by atoms with Gasteiger partial charge in [-0.2, -0.15) is 26.3 Å². The summed E-state index contributed by atoms with van der Waals surface area (Å²) in [5, 5.41) is -0.515. The Morgan fingerprint density at radius 3 is 2.27 bits per heavy atom. The molecule has 0 saturated carbocycles. The van der Waals surface area contributed by atoms with E-state index in [1.807, 2.05) is 0 Å². The first-order valence-corrected chi connectivity index (χ1v) is 5.71. The van der Waals surface area contributed by atoms with Gasteiger partial charge < -0.3 is 15.5 Å². The number of ether oxygens (including phenoxy) is 1. The Balaban J connectivity index is 2.60. The molecule has 3 N–H and O–H groups in total. The van der Waals surface area contributed by atoms with E-state index in [0.717, 1.165) is 12.1 Å². The number of hydrogen-bond donors (Lipinski definition) is 2. The number of pyridine rings is 1. The minimum atomic E-state index is -4.86. The van der Waals surface area contributed by atoms with Crippen LogP contribution < -0.4 is 16.0 Å². The van der Waals surface area contributed by atoms with Crippen LogP contribution in [0.2, 0.25) is 0 Å². The van der Waals surface area contributed by atoms with E-state index in [2.05, 4.69) is 9.72 Å². The van der Waals surface area contributed by atoms with Crippen LogP contribution >= 0.6 is 0 Å². The first kappa shape index (κ1) is 16.0. The van der Waals surface area contributed by atoms with Gasteiger partial charge in [0.2, 0.25) is 5.56 Å². The number of halogens is 6. The molecule has 0 aliphatic heterocycles. The molecule has 0 fully saturated rings. The third kappa shape index (κ3) is 3.43. The summed E-state index contributed by atoms with van der Waals surface area (Å²) < 4.78 is 79.4. The van der Waals surface area contributed by atoms with Crippen molar-refractivity contribution in [3.05, 3.63) is 34.1 Å². The van der Waals surface area contributed by atoms with Gasteiger partial charge in [0.05, 0.1) is 16.8 Å². The van der Waals surface area contributed by atoms with Crippen LogP contribution in [0.25, 0.3) is 10.9 Å². The van der Waals surface area contributed by atoms with Gasteiger partial charge in [0.25, 0.3) is 0 Å². The predicted octanol–water partition coefficient (Wildman–Crippen LogP) is 3.07.